The van der Waals surface area contributed by atoms with Crippen molar-refractivity contribution in [1.29, 1.82) is 0 Å². The van der Waals surface area contributed by atoms with Crippen molar-refractivity contribution in [3.63, 3.8) is 0 Å². The molecule has 1 unspecified atom stereocenters. The Balaban J connectivity index is 1.93. The Morgan fingerprint density at radius 1 is 1.29 bits per heavy atom. The van der Waals surface area contributed by atoms with Crippen LogP contribution < -0.4 is 16.0 Å². The van der Waals surface area contributed by atoms with Crippen LogP contribution in [0.4, 0.5) is 0 Å². The third-order valence-corrected chi connectivity index (χ3v) is 4.13. The quantitative estimate of drug-likeness (QED) is 0.621. The molecular formula is C14H20N2O. The van der Waals surface area contributed by atoms with E-state index in [0.717, 1.165) is 18.8 Å². The van der Waals surface area contributed by atoms with Gasteiger partial charge in [-0.3, -0.25) is 11.3 Å². The van der Waals surface area contributed by atoms with Gasteiger partial charge in [0.25, 0.3) is 0 Å². The predicted molar refractivity (Wildman–Crippen MR) is 67.7 cm³/mol. The highest BCUT2D eigenvalue weighted by atomic mass is 16.5. The first kappa shape index (κ1) is 11.1. The van der Waals surface area contributed by atoms with Gasteiger partial charge in [-0.25, -0.2) is 0 Å². The van der Waals surface area contributed by atoms with Gasteiger partial charge in [-0.2, -0.15) is 0 Å². The molecule has 3 nitrogen and oxygen atoms in total. The van der Waals surface area contributed by atoms with Crippen LogP contribution in [0.15, 0.2) is 18.2 Å². The molecule has 17 heavy (non-hydrogen) atoms. The number of fused-ring (bicyclic) bond motifs is 1. The van der Waals surface area contributed by atoms with Crippen molar-refractivity contribution in [2.24, 2.45) is 11.8 Å². The summed E-state index contributed by atoms with van der Waals surface area (Å²) in [6, 6.07) is 6.70. The summed E-state index contributed by atoms with van der Waals surface area (Å²) < 4.78 is 5.78. The Labute approximate surface area is 102 Å². The molecule has 3 heteroatoms. The highest BCUT2D eigenvalue weighted by Gasteiger charge is 2.29. The molecule has 2 aliphatic rings. The van der Waals surface area contributed by atoms with Crippen molar-refractivity contribution >= 4 is 0 Å². The van der Waals surface area contributed by atoms with Crippen LogP contribution in [-0.4, -0.2) is 6.61 Å². The van der Waals surface area contributed by atoms with Crippen LogP contribution in [0.5, 0.6) is 5.75 Å². The highest BCUT2D eigenvalue weighted by molar-refractivity contribution is 5.45. The maximum atomic E-state index is 5.78. The lowest BCUT2D eigenvalue weighted by Gasteiger charge is -2.24. The summed E-state index contributed by atoms with van der Waals surface area (Å²) in [7, 11) is 0. The van der Waals surface area contributed by atoms with Gasteiger partial charge < -0.3 is 4.74 Å². The molecule has 0 amide bonds. The van der Waals surface area contributed by atoms with Crippen LogP contribution in [0.1, 0.15) is 42.9 Å². The van der Waals surface area contributed by atoms with E-state index in [1.807, 2.05) is 0 Å². The number of nitrogens with two attached hydrogens (primary N) is 1. The zero-order valence-electron chi connectivity index (χ0n) is 10.1. The van der Waals surface area contributed by atoms with Crippen LogP contribution in [0.2, 0.25) is 0 Å². The summed E-state index contributed by atoms with van der Waals surface area (Å²) in [6.45, 7) is 0.814. The van der Waals surface area contributed by atoms with Gasteiger partial charge in [-0.05, 0) is 24.3 Å². The molecule has 1 fully saturated rings. The fourth-order valence-corrected chi connectivity index (χ4v) is 3.26. The molecular weight excluding hydrogens is 212 g/mol. The topological polar surface area (TPSA) is 47.3 Å². The number of benzene rings is 1. The van der Waals surface area contributed by atoms with Crippen LogP contribution in [0.25, 0.3) is 0 Å². The summed E-state index contributed by atoms with van der Waals surface area (Å²) in [5, 5.41) is 0. The third-order valence-electron chi connectivity index (χ3n) is 4.13. The van der Waals surface area contributed by atoms with E-state index in [9.17, 15) is 0 Å². The van der Waals surface area contributed by atoms with Gasteiger partial charge in [0.15, 0.2) is 0 Å². The summed E-state index contributed by atoms with van der Waals surface area (Å²) >= 11 is 0. The molecule has 1 aromatic rings. The van der Waals surface area contributed by atoms with Gasteiger partial charge in [-0.1, -0.05) is 31.0 Å². The maximum absolute atomic E-state index is 5.78. The second-order valence-electron chi connectivity index (χ2n) is 5.12. The number of ether oxygens (including phenoxy) is 1. The van der Waals surface area contributed by atoms with E-state index < -0.39 is 0 Å². The van der Waals surface area contributed by atoms with Gasteiger partial charge in [0.2, 0.25) is 0 Å². The second kappa shape index (κ2) is 4.67. The minimum Gasteiger partial charge on any atom is -0.493 e. The van der Waals surface area contributed by atoms with Crippen LogP contribution in [-0.2, 0) is 6.42 Å². The first-order chi connectivity index (χ1) is 8.40. The molecule has 0 spiro atoms. The van der Waals surface area contributed by atoms with Crippen LogP contribution in [0, 0.1) is 5.92 Å². The molecule has 0 radical (unpaired) electrons. The van der Waals surface area contributed by atoms with Gasteiger partial charge in [0.1, 0.15) is 5.75 Å². The molecule has 3 rings (SSSR count). The summed E-state index contributed by atoms with van der Waals surface area (Å²) in [5.41, 5.74) is 5.60. The van der Waals surface area contributed by atoms with Crippen molar-refractivity contribution in [1.82, 2.24) is 5.43 Å². The highest BCUT2D eigenvalue weighted by Crippen LogP contribution is 2.41. The fraction of sp³-hybridized carbons (Fsp3) is 0.571. The number of hydrogen-bond donors (Lipinski definition) is 2. The maximum Gasteiger partial charge on any atom is 0.127 e. The number of rotatable bonds is 3. The molecule has 0 aromatic heterocycles. The standard InChI is InChI=1S/C14H20N2O/c15-16-13(10-4-1-2-5-10)12-7-3-6-11-8-9-17-14(11)12/h3,6-7,10,13,16H,1-2,4-5,8-9,15H2. The summed E-state index contributed by atoms with van der Waals surface area (Å²) in [4.78, 5) is 0. The number of para-hydroxylation sites is 1. The Bertz CT molecular complexity index is 399. The van der Waals surface area contributed by atoms with Crippen molar-refractivity contribution in [3.8, 4) is 5.75 Å². The van der Waals surface area contributed by atoms with E-state index in [4.69, 9.17) is 10.6 Å². The average Bonchev–Trinajstić information content (AvgIpc) is 3.00. The molecule has 1 saturated carbocycles. The van der Waals surface area contributed by atoms with Crippen LogP contribution >= 0.6 is 0 Å². The van der Waals surface area contributed by atoms with Gasteiger partial charge in [-0.15, -0.1) is 0 Å². The first-order valence-corrected chi connectivity index (χ1v) is 6.61. The van der Waals surface area contributed by atoms with E-state index in [1.165, 1.54) is 36.8 Å². The van der Waals surface area contributed by atoms with Crippen molar-refractivity contribution < 1.29 is 4.74 Å². The van der Waals surface area contributed by atoms with E-state index in [2.05, 4.69) is 23.6 Å². The number of hydrazine groups is 1. The normalized spacial score (nSPS) is 21.2. The van der Waals surface area contributed by atoms with Crippen molar-refractivity contribution in [3.05, 3.63) is 29.3 Å². The molecule has 0 saturated heterocycles. The monoisotopic (exact) mass is 232 g/mol. The molecule has 1 aliphatic heterocycles. The van der Waals surface area contributed by atoms with E-state index in [0.29, 0.717) is 5.92 Å². The van der Waals surface area contributed by atoms with Gasteiger partial charge in [0.05, 0.1) is 12.6 Å². The predicted octanol–water partition coefficient (Wildman–Crippen LogP) is 2.32. The smallest absolute Gasteiger partial charge is 0.127 e. The molecule has 1 heterocycles. The number of hydrogen-bond acceptors (Lipinski definition) is 3. The average molecular weight is 232 g/mol. The zero-order chi connectivity index (χ0) is 11.7. The lowest BCUT2D eigenvalue weighted by atomic mass is 9.90. The Hall–Kier alpha value is -1.06. The lowest BCUT2D eigenvalue weighted by Crippen LogP contribution is -2.32. The second-order valence-corrected chi connectivity index (χ2v) is 5.12. The summed E-state index contributed by atoms with van der Waals surface area (Å²) in [6.07, 6.45) is 6.25. The largest absolute Gasteiger partial charge is 0.493 e. The lowest BCUT2D eigenvalue weighted by molar-refractivity contribution is 0.328. The first-order valence-electron chi connectivity index (χ1n) is 6.61. The minimum absolute atomic E-state index is 0.255. The van der Waals surface area contributed by atoms with E-state index in [1.54, 1.807) is 0 Å². The third kappa shape index (κ3) is 1.94. The van der Waals surface area contributed by atoms with Crippen molar-refractivity contribution in [2.75, 3.05) is 6.61 Å². The molecule has 1 atom stereocenters. The van der Waals surface area contributed by atoms with Gasteiger partial charge >= 0.3 is 0 Å². The SMILES string of the molecule is NNC(c1cccc2c1OCC2)C1CCCC1. The molecule has 1 aromatic carbocycles. The minimum atomic E-state index is 0.255. The van der Waals surface area contributed by atoms with Gasteiger partial charge in [0, 0.05) is 12.0 Å². The summed E-state index contributed by atoms with van der Waals surface area (Å²) in [5.74, 6) is 7.52. The fourth-order valence-electron chi connectivity index (χ4n) is 3.26. The molecule has 92 valence electrons. The van der Waals surface area contributed by atoms with E-state index in [-0.39, 0.29) is 6.04 Å². The van der Waals surface area contributed by atoms with E-state index >= 15 is 0 Å². The Morgan fingerprint density at radius 3 is 2.88 bits per heavy atom. The molecule has 0 bridgehead atoms. The van der Waals surface area contributed by atoms with Crippen LogP contribution in [0.3, 0.4) is 0 Å². The Kier molecular flexibility index (Phi) is 3.04. The molecule has 1 aliphatic carbocycles. The number of nitrogens with one attached hydrogen (secondary N) is 1. The van der Waals surface area contributed by atoms with Crippen molar-refractivity contribution in [2.45, 2.75) is 38.1 Å². The molecule has 3 N–H and O–H groups in total. The zero-order valence-corrected chi connectivity index (χ0v) is 10.1. The Morgan fingerprint density at radius 2 is 2.12 bits per heavy atom.